The lowest BCUT2D eigenvalue weighted by atomic mass is 10.2. The van der Waals surface area contributed by atoms with E-state index in [2.05, 4.69) is 0 Å². The predicted octanol–water partition coefficient (Wildman–Crippen LogP) is 5.31. The van der Waals surface area contributed by atoms with Crippen LogP contribution in [0, 0.1) is 0 Å². The maximum atomic E-state index is 13.4. The van der Waals surface area contributed by atoms with Gasteiger partial charge in [0.05, 0.1) is 13.2 Å². The van der Waals surface area contributed by atoms with Crippen LogP contribution in [0.2, 0.25) is 0 Å². The second kappa shape index (κ2) is 11.0. The molecule has 2 rings (SSSR count). The van der Waals surface area contributed by atoms with Gasteiger partial charge in [-0.1, -0.05) is 60.7 Å². The van der Waals surface area contributed by atoms with Gasteiger partial charge in [0.1, 0.15) is 0 Å². The number of rotatable bonds is 11. The summed E-state index contributed by atoms with van der Waals surface area (Å²) in [5, 5.41) is 0. The summed E-state index contributed by atoms with van der Waals surface area (Å²) in [6, 6.07) is 19.1. The van der Waals surface area contributed by atoms with Gasteiger partial charge < -0.3 is 0 Å². The zero-order valence-electron chi connectivity index (χ0n) is 13.9. The normalized spacial score (nSPS) is 11.8. The van der Waals surface area contributed by atoms with Crippen LogP contribution in [-0.4, -0.2) is 29.5 Å². The molecule has 0 amide bonds. The van der Waals surface area contributed by atoms with E-state index in [0.29, 0.717) is 24.8 Å². The molecule has 4 nitrogen and oxygen atoms in total. The van der Waals surface area contributed by atoms with Crippen molar-refractivity contribution >= 4 is 30.9 Å². The van der Waals surface area contributed by atoms with Gasteiger partial charge in [0.25, 0.3) is 0 Å². The Kier molecular flexibility index (Phi) is 8.97. The van der Waals surface area contributed by atoms with Gasteiger partial charge in [-0.05, 0) is 11.1 Å². The van der Waals surface area contributed by atoms with Gasteiger partial charge in [-0.15, -0.1) is 23.2 Å². The zero-order valence-corrected chi connectivity index (χ0v) is 16.3. The minimum Gasteiger partial charge on any atom is -0.292 e. The summed E-state index contributed by atoms with van der Waals surface area (Å²) < 4.78 is 26.5. The molecular formula is C18H22Cl2NO3P. The van der Waals surface area contributed by atoms with Crippen LogP contribution in [0.4, 0.5) is 0 Å². The summed E-state index contributed by atoms with van der Waals surface area (Å²) in [6.07, 6.45) is 0. The first-order chi connectivity index (χ1) is 12.2. The van der Waals surface area contributed by atoms with E-state index in [1.54, 1.807) is 4.67 Å². The van der Waals surface area contributed by atoms with Crippen molar-refractivity contribution in [3.8, 4) is 0 Å². The van der Waals surface area contributed by atoms with Crippen LogP contribution >= 0.6 is 30.9 Å². The van der Waals surface area contributed by atoms with Gasteiger partial charge in [-0.2, -0.15) is 0 Å². The third-order valence-corrected chi connectivity index (χ3v) is 5.85. The molecule has 0 atom stereocenters. The second-order valence-electron chi connectivity index (χ2n) is 5.32. The molecule has 0 radical (unpaired) electrons. The van der Waals surface area contributed by atoms with Gasteiger partial charge in [-0.25, -0.2) is 9.24 Å². The number of benzene rings is 2. The second-order valence-corrected chi connectivity index (χ2v) is 8.09. The molecule has 0 unspecified atom stereocenters. The Bertz CT molecular complexity index is 604. The Morgan fingerprint density at radius 1 is 0.760 bits per heavy atom. The Hall–Kier alpha value is -0.870. The minimum atomic E-state index is -3.53. The molecular weight excluding hydrogens is 380 g/mol. The van der Waals surface area contributed by atoms with Gasteiger partial charge >= 0.3 is 7.75 Å². The summed E-state index contributed by atoms with van der Waals surface area (Å²) in [7, 11) is -3.53. The maximum absolute atomic E-state index is 13.4. The first kappa shape index (κ1) is 20.4. The summed E-state index contributed by atoms with van der Waals surface area (Å²) in [5.74, 6) is 0.620. The third-order valence-electron chi connectivity index (χ3n) is 3.51. The van der Waals surface area contributed by atoms with Crippen molar-refractivity contribution in [2.75, 3.05) is 24.8 Å². The lowest BCUT2D eigenvalue weighted by Gasteiger charge is -2.29. The van der Waals surface area contributed by atoms with Gasteiger partial charge in [-0.3, -0.25) is 9.05 Å². The number of alkyl halides is 2. The molecule has 0 aliphatic carbocycles. The molecule has 0 aliphatic rings. The number of nitrogens with zero attached hydrogens (tertiary/aromatic N) is 1. The van der Waals surface area contributed by atoms with Crippen LogP contribution in [0.1, 0.15) is 11.1 Å². The highest BCUT2D eigenvalue weighted by atomic mass is 35.5. The molecule has 136 valence electrons. The molecule has 0 N–H and O–H groups in total. The monoisotopic (exact) mass is 401 g/mol. The standard InChI is InChI=1S/C18H22Cl2NO3P/c19-11-13-21(14-12-20)25(22,23-15-17-7-3-1-4-8-17)24-16-18-9-5-2-6-10-18/h1-10H,11-16H2. The first-order valence-electron chi connectivity index (χ1n) is 8.02. The van der Waals surface area contributed by atoms with E-state index in [-0.39, 0.29) is 13.2 Å². The van der Waals surface area contributed by atoms with E-state index < -0.39 is 7.75 Å². The fraction of sp³-hybridized carbons (Fsp3) is 0.333. The van der Waals surface area contributed by atoms with Crippen LogP contribution in [0.25, 0.3) is 0 Å². The summed E-state index contributed by atoms with van der Waals surface area (Å²) in [5.41, 5.74) is 1.84. The predicted molar refractivity (Wildman–Crippen MR) is 103 cm³/mol. The van der Waals surface area contributed by atoms with E-state index in [9.17, 15) is 4.57 Å². The Morgan fingerprint density at radius 3 is 1.52 bits per heavy atom. The van der Waals surface area contributed by atoms with Crippen molar-refractivity contribution in [3.05, 3.63) is 71.8 Å². The highest BCUT2D eigenvalue weighted by Gasteiger charge is 2.33. The molecule has 0 aliphatic heterocycles. The molecule has 2 aromatic carbocycles. The minimum absolute atomic E-state index is 0.188. The van der Waals surface area contributed by atoms with E-state index in [0.717, 1.165) is 11.1 Å². The molecule has 0 bridgehead atoms. The largest absolute Gasteiger partial charge is 0.408 e. The maximum Gasteiger partial charge on any atom is 0.408 e. The molecule has 0 saturated carbocycles. The lowest BCUT2D eigenvalue weighted by molar-refractivity contribution is 0.148. The van der Waals surface area contributed by atoms with E-state index in [1.165, 1.54) is 0 Å². The van der Waals surface area contributed by atoms with E-state index in [4.69, 9.17) is 32.2 Å². The van der Waals surface area contributed by atoms with Crippen LogP contribution in [0.15, 0.2) is 60.7 Å². The van der Waals surface area contributed by atoms with Crippen LogP contribution < -0.4 is 0 Å². The Labute approximate surface area is 159 Å². The van der Waals surface area contributed by atoms with Crippen molar-refractivity contribution in [1.82, 2.24) is 4.67 Å². The first-order valence-corrected chi connectivity index (χ1v) is 10.6. The topological polar surface area (TPSA) is 38.8 Å². The molecule has 25 heavy (non-hydrogen) atoms. The third kappa shape index (κ3) is 6.74. The van der Waals surface area contributed by atoms with Gasteiger partial charge in [0.15, 0.2) is 0 Å². The fourth-order valence-electron chi connectivity index (χ4n) is 2.21. The smallest absolute Gasteiger partial charge is 0.292 e. The summed E-state index contributed by atoms with van der Waals surface area (Å²) in [6.45, 7) is 1.12. The highest BCUT2D eigenvalue weighted by Crippen LogP contribution is 2.53. The summed E-state index contributed by atoms with van der Waals surface area (Å²) >= 11 is 11.7. The average molecular weight is 402 g/mol. The van der Waals surface area contributed by atoms with Crippen molar-refractivity contribution in [3.63, 3.8) is 0 Å². The molecule has 0 aromatic heterocycles. The van der Waals surface area contributed by atoms with E-state index >= 15 is 0 Å². The lowest BCUT2D eigenvalue weighted by Crippen LogP contribution is -2.27. The summed E-state index contributed by atoms with van der Waals surface area (Å²) in [4.78, 5) is 0. The quantitative estimate of drug-likeness (QED) is 0.377. The van der Waals surface area contributed by atoms with Crippen molar-refractivity contribution in [1.29, 1.82) is 0 Å². The zero-order chi connectivity index (χ0) is 18.0. The van der Waals surface area contributed by atoms with Gasteiger partial charge in [0.2, 0.25) is 0 Å². The van der Waals surface area contributed by atoms with Crippen LogP contribution in [0.3, 0.4) is 0 Å². The molecule has 0 saturated heterocycles. The molecule has 0 fully saturated rings. The SMILES string of the molecule is O=P(OCc1ccccc1)(OCc1ccccc1)N(CCCl)CCCl. The number of hydrogen-bond donors (Lipinski definition) is 0. The highest BCUT2D eigenvalue weighted by molar-refractivity contribution is 7.51. The van der Waals surface area contributed by atoms with Crippen molar-refractivity contribution < 1.29 is 13.6 Å². The van der Waals surface area contributed by atoms with E-state index in [1.807, 2.05) is 60.7 Å². The fourth-order valence-corrected chi connectivity index (χ4v) is 4.57. The van der Waals surface area contributed by atoms with Crippen molar-refractivity contribution in [2.24, 2.45) is 0 Å². The van der Waals surface area contributed by atoms with Crippen LogP contribution in [0.5, 0.6) is 0 Å². The Morgan fingerprint density at radius 2 is 1.16 bits per heavy atom. The Balaban J connectivity index is 2.11. The van der Waals surface area contributed by atoms with Crippen molar-refractivity contribution in [2.45, 2.75) is 13.2 Å². The number of hydrogen-bond acceptors (Lipinski definition) is 3. The van der Waals surface area contributed by atoms with Crippen LogP contribution in [-0.2, 0) is 26.8 Å². The molecule has 0 spiro atoms. The van der Waals surface area contributed by atoms with Gasteiger partial charge in [0, 0.05) is 24.8 Å². The molecule has 2 aromatic rings. The average Bonchev–Trinajstić information content (AvgIpc) is 2.66. The molecule has 7 heteroatoms. The number of halogens is 2. The molecule has 0 heterocycles.